The Balaban J connectivity index is 0.000000177. The molecule has 0 saturated heterocycles. The number of nitrogens with zero attached hydrogens (tertiary/aromatic N) is 1. The Morgan fingerprint density at radius 1 is 0.833 bits per heavy atom. The molecule has 3 rings (SSSR count). The maximum Gasteiger partial charge on any atom is 0.104 e. The van der Waals surface area contributed by atoms with Crippen LogP contribution in [0.3, 0.4) is 0 Å². The number of fused-ring (bicyclic) bond motifs is 1. The van der Waals surface area contributed by atoms with Gasteiger partial charge in [-0.25, -0.2) is 0 Å². The maximum absolute atomic E-state index is 10.8. The van der Waals surface area contributed by atoms with Gasteiger partial charge in [0.05, 0.1) is 21.1 Å². The molecular formula is C20H23NO2S. The summed E-state index contributed by atoms with van der Waals surface area (Å²) in [7, 11) is 6.60. The molecule has 1 atom stereocenters. The normalized spacial score (nSPS) is 12.3. The highest BCUT2D eigenvalue weighted by molar-refractivity contribution is 7.79. The van der Waals surface area contributed by atoms with Crippen molar-refractivity contribution in [1.29, 1.82) is 0 Å². The minimum Gasteiger partial charge on any atom is -0.768 e. The molecule has 4 heteroatoms. The molecule has 0 radical (unpaired) electrons. The summed E-state index contributed by atoms with van der Waals surface area (Å²) in [6, 6.07) is 23.2. The van der Waals surface area contributed by atoms with Gasteiger partial charge in [0.15, 0.2) is 0 Å². The fraction of sp³-hybridized carbons (Fsp3) is 0.200. The van der Waals surface area contributed by atoms with Crippen LogP contribution in [0, 0.1) is 0 Å². The first-order valence-corrected chi connectivity index (χ1v) is 8.86. The number of quaternary nitrogens is 1. The van der Waals surface area contributed by atoms with Gasteiger partial charge in [0.1, 0.15) is 6.54 Å². The number of rotatable bonds is 3. The van der Waals surface area contributed by atoms with Crippen molar-refractivity contribution in [3.8, 4) is 0 Å². The highest BCUT2D eigenvalue weighted by Gasteiger charge is 2.06. The Morgan fingerprint density at radius 3 is 2.04 bits per heavy atom. The Kier molecular flexibility index (Phi) is 6.26. The lowest BCUT2D eigenvalue weighted by Crippen LogP contribution is -2.33. The molecule has 3 aromatic carbocycles. The summed E-state index contributed by atoms with van der Waals surface area (Å²) in [6.45, 7) is 1.10. The first-order chi connectivity index (χ1) is 11.4. The van der Waals surface area contributed by atoms with E-state index < -0.39 is 11.1 Å². The number of benzene rings is 3. The first-order valence-electron chi connectivity index (χ1n) is 7.78. The van der Waals surface area contributed by atoms with E-state index in [-0.39, 0.29) is 0 Å². The molecule has 3 aromatic rings. The maximum atomic E-state index is 10.8. The van der Waals surface area contributed by atoms with Gasteiger partial charge in [0, 0.05) is 10.5 Å². The fourth-order valence-electron chi connectivity index (χ4n) is 2.47. The Bertz CT molecular complexity index is 805. The summed E-state index contributed by atoms with van der Waals surface area (Å²) < 4.78 is 22.6. The van der Waals surface area contributed by atoms with E-state index in [1.807, 2.05) is 24.3 Å². The zero-order valence-corrected chi connectivity index (χ0v) is 15.1. The Labute approximate surface area is 146 Å². The van der Waals surface area contributed by atoms with E-state index in [4.69, 9.17) is 0 Å². The van der Waals surface area contributed by atoms with E-state index in [1.54, 1.807) is 18.2 Å². The van der Waals surface area contributed by atoms with Crippen molar-refractivity contribution >= 4 is 21.9 Å². The summed E-state index contributed by atoms with van der Waals surface area (Å²) in [5, 5.41) is 1.72. The van der Waals surface area contributed by atoms with Gasteiger partial charge < -0.3 is 9.04 Å². The van der Waals surface area contributed by atoms with Crippen LogP contribution in [0.2, 0.25) is 0 Å². The van der Waals surface area contributed by atoms with Crippen LogP contribution in [0.4, 0.5) is 0 Å². The van der Waals surface area contributed by atoms with Gasteiger partial charge in [-0.3, -0.25) is 4.21 Å². The quantitative estimate of drug-likeness (QED) is 0.534. The van der Waals surface area contributed by atoms with Crippen molar-refractivity contribution in [2.75, 3.05) is 21.1 Å². The number of hydrogen-bond acceptors (Lipinski definition) is 2. The van der Waals surface area contributed by atoms with Gasteiger partial charge >= 0.3 is 0 Å². The number of hydrogen-bond donors (Lipinski definition) is 0. The Morgan fingerprint density at radius 2 is 1.42 bits per heavy atom. The van der Waals surface area contributed by atoms with Crippen molar-refractivity contribution in [1.82, 2.24) is 0 Å². The second-order valence-electron chi connectivity index (χ2n) is 6.65. The summed E-state index contributed by atoms with van der Waals surface area (Å²) >= 11 is -2.15. The van der Waals surface area contributed by atoms with Crippen LogP contribution >= 0.6 is 0 Å². The van der Waals surface area contributed by atoms with Gasteiger partial charge in [-0.15, -0.1) is 0 Å². The molecule has 0 aliphatic carbocycles. The minimum absolute atomic E-state index is 0.359. The molecule has 0 aliphatic rings. The molecule has 0 amide bonds. The lowest BCUT2D eigenvalue weighted by molar-refractivity contribution is -0.884. The van der Waals surface area contributed by atoms with E-state index in [2.05, 4.69) is 51.5 Å². The summed E-state index contributed by atoms with van der Waals surface area (Å²) in [5.74, 6) is 0. The highest BCUT2D eigenvalue weighted by Crippen LogP contribution is 2.20. The monoisotopic (exact) mass is 341 g/mol. The van der Waals surface area contributed by atoms with Crippen LogP contribution in [0.15, 0.2) is 77.7 Å². The highest BCUT2D eigenvalue weighted by atomic mass is 32.2. The van der Waals surface area contributed by atoms with Gasteiger partial charge in [-0.2, -0.15) is 0 Å². The average molecular weight is 341 g/mol. The van der Waals surface area contributed by atoms with E-state index in [9.17, 15) is 8.76 Å². The second-order valence-corrected chi connectivity index (χ2v) is 7.56. The molecule has 0 heterocycles. The topological polar surface area (TPSA) is 40.1 Å². The zero-order chi connectivity index (χ0) is 17.6. The summed E-state index contributed by atoms with van der Waals surface area (Å²) in [5.41, 5.74) is 1.40. The van der Waals surface area contributed by atoms with E-state index in [1.165, 1.54) is 5.56 Å². The molecule has 0 spiro atoms. The Hall–Kier alpha value is -2.01. The van der Waals surface area contributed by atoms with E-state index in [0.717, 1.165) is 21.8 Å². The van der Waals surface area contributed by atoms with Crippen LogP contribution in [-0.2, 0) is 17.6 Å². The third-order valence-electron chi connectivity index (χ3n) is 3.43. The molecular weight excluding hydrogens is 318 g/mol. The van der Waals surface area contributed by atoms with Crippen molar-refractivity contribution < 1.29 is 13.2 Å². The zero-order valence-electron chi connectivity index (χ0n) is 14.3. The standard InChI is InChI=1S/C10H16N.C10H8O2S/c1-11(2,3)9-10-7-5-4-6-8-10;11-13(12)10-7-3-5-8-4-1-2-6-9(8)10/h4-8H,9H2,1-3H3;1-7H,(H,11,12)/q+1;/p-1. The van der Waals surface area contributed by atoms with Gasteiger partial charge in [-0.05, 0) is 27.9 Å². The van der Waals surface area contributed by atoms with Crippen LogP contribution in [-0.4, -0.2) is 34.4 Å². The van der Waals surface area contributed by atoms with E-state index in [0.29, 0.717) is 4.90 Å². The van der Waals surface area contributed by atoms with Crippen molar-refractivity contribution in [2.45, 2.75) is 11.4 Å². The van der Waals surface area contributed by atoms with Crippen LogP contribution in [0.5, 0.6) is 0 Å². The molecule has 0 aromatic heterocycles. The lowest BCUT2D eigenvalue weighted by Gasteiger charge is -2.23. The lowest BCUT2D eigenvalue weighted by atomic mass is 10.1. The molecule has 24 heavy (non-hydrogen) atoms. The van der Waals surface area contributed by atoms with Gasteiger partial charge in [0.2, 0.25) is 0 Å². The molecule has 126 valence electrons. The van der Waals surface area contributed by atoms with Crippen molar-refractivity contribution in [3.63, 3.8) is 0 Å². The third-order valence-corrected chi connectivity index (χ3v) is 4.14. The molecule has 0 saturated carbocycles. The van der Waals surface area contributed by atoms with Crippen LogP contribution in [0.25, 0.3) is 10.8 Å². The van der Waals surface area contributed by atoms with Gasteiger partial charge in [-0.1, -0.05) is 66.7 Å². The molecule has 1 unspecified atom stereocenters. The van der Waals surface area contributed by atoms with Crippen LogP contribution in [0.1, 0.15) is 5.56 Å². The average Bonchev–Trinajstić information content (AvgIpc) is 2.54. The second kappa shape index (κ2) is 8.20. The van der Waals surface area contributed by atoms with E-state index >= 15 is 0 Å². The van der Waals surface area contributed by atoms with Gasteiger partial charge in [0.25, 0.3) is 0 Å². The summed E-state index contributed by atoms with van der Waals surface area (Å²) in [6.07, 6.45) is 0. The van der Waals surface area contributed by atoms with Crippen molar-refractivity contribution in [3.05, 3.63) is 78.4 Å². The van der Waals surface area contributed by atoms with Crippen molar-refractivity contribution in [2.24, 2.45) is 0 Å². The SMILES string of the molecule is C[N+](C)(C)Cc1ccccc1.O=S([O-])c1cccc2ccccc12. The molecule has 0 bridgehead atoms. The van der Waals surface area contributed by atoms with Crippen LogP contribution < -0.4 is 0 Å². The minimum atomic E-state index is -2.15. The predicted octanol–water partition coefficient (Wildman–Crippen LogP) is 3.97. The first kappa shape index (κ1) is 18.3. The fourth-order valence-corrected chi connectivity index (χ4v) is 3.03. The predicted molar refractivity (Wildman–Crippen MR) is 99.3 cm³/mol. The smallest absolute Gasteiger partial charge is 0.104 e. The molecule has 0 fully saturated rings. The molecule has 0 N–H and O–H groups in total. The largest absolute Gasteiger partial charge is 0.768 e. The third kappa shape index (κ3) is 5.57. The molecule has 3 nitrogen and oxygen atoms in total. The molecule has 0 aliphatic heterocycles. The summed E-state index contributed by atoms with van der Waals surface area (Å²) in [4.78, 5) is 0.359.